The molecule has 0 unspecified atom stereocenters. The van der Waals surface area contributed by atoms with Crippen LogP contribution in [0.1, 0.15) is 5.56 Å². The first kappa shape index (κ1) is 16.4. The molecule has 2 rings (SSSR count). The number of anilines is 1. The van der Waals surface area contributed by atoms with Gasteiger partial charge in [-0.1, -0.05) is 50.7 Å². The summed E-state index contributed by atoms with van der Waals surface area (Å²) in [5, 5.41) is 15.1. The van der Waals surface area contributed by atoms with Crippen LogP contribution < -0.4 is 5.32 Å². The van der Waals surface area contributed by atoms with Gasteiger partial charge in [-0.15, -0.1) is 0 Å². The summed E-state index contributed by atoms with van der Waals surface area (Å²) in [5.74, 6) is 0. The molecule has 0 atom stereocenters. The highest BCUT2D eigenvalue weighted by Crippen LogP contribution is 2.34. The van der Waals surface area contributed by atoms with Gasteiger partial charge >= 0.3 is 0 Å². The minimum Gasteiger partial charge on any atom is -0.378 e. The van der Waals surface area contributed by atoms with Crippen LogP contribution in [0.2, 0.25) is 15.1 Å². The molecule has 0 heterocycles. The zero-order chi connectivity index (χ0) is 15.6. The Balaban J connectivity index is 2.24. The van der Waals surface area contributed by atoms with E-state index in [1.165, 1.54) is 18.2 Å². The molecule has 0 fully saturated rings. The minimum atomic E-state index is -0.473. The van der Waals surface area contributed by atoms with Gasteiger partial charge in [0, 0.05) is 28.2 Å². The van der Waals surface area contributed by atoms with Crippen molar-refractivity contribution >= 4 is 62.1 Å². The van der Waals surface area contributed by atoms with Crippen molar-refractivity contribution in [1.82, 2.24) is 0 Å². The second-order valence-corrected chi connectivity index (χ2v) is 6.27. The molecule has 0 saturated carbocycles. The van der Waals surface area contributed by atoms with Gasteiger partial charge < -0.3 is 5.32 Å². The van der Waals surface area contributed by atoms with Crippen LogP contribution in [0.3, 0.4) is 0 Å². The first-order valence-electron chi connectivity index (χ1n) is 5.69. The quantitative estimate of drug-likeness (QED) is 0.502. The summed E-state index contributed by atoms with van der Waals surface area (Å²) < 4.78 is 0.761. The number of halogens is 4. The first-order chi connectivity index (χ1) is 9.88. The summed E-state index contributed by atoms with van der Waals surface area (Å²) in [5.41, 5.74) is 1.11. The Morgan fingerprint density at radius 1 is 1.10 bits per heavy atom. The number of nitrogens with one attached hydrogen (secondary N) is 1. The van der Waals surface area contributed by atoms with Crippen LogP contribution in [-0.2, 0) is 6.54 Å². The average Bonchev–Trinajstić information content (AvgIpc) is 2.39. The van der Waals surface area contributed by atoms with Gasteiger partial charge in [0.1, 0.15) is 0 Å². The Bertz CT molecular complexity index is 687. The molecule has 0 aliphatic carbocycles. The van der Waals surface area contributed by atoms with Crippen molar-refractivity contribution in [3.63, 3.8) is 0 Å². The second-order valence-electron chi connectivity index (χ2n) is 4.13. The van der Waals surface area contributed by atoms with Gasteiger partial charge in [0.25, 0.3) is 5.69 Å². The van der Waals surface area contributed by atoms with Crippen molar-refractivity contribution in [2.24, 2.45) is 0 Å². The van der Waals surface area contributed by atoms with Crippen LogP contribution >= 0.6 is 50.7 Å². The number of benzene rings is 2. The Morgan fingerprint density at radius 2 is 1.71 bits per heavy atom. The number of nitro groups is 1. The third-order valence-electron chi connectivity index (χ3n) is 2.70. The van der Waals surface area contributed by atoms with Gasteiger partial charge in [-0.2, -0.15) is 0 Å². The van der Waals surface area contributed by atoms with Crippen LogP contribution in [0, 0.1) is 10.1 Å². The van der Waals surface area contributed by atoms with Crippen molar-refractivity contribution in [3.05, 3.63) is 65.6 Å². The smallest absolute Gasteiger partial charge is 0.269 e. The summed E-state index contributed by atoms with van der Waals surface area (Å²) >= 11 is 21.5. The van der Waals surface area contributed by atoms with E-state index in [4.69, 9.17) is 34.8 Å². The van der Waals surface area contributed by atoms with Gasteiger partial charge in [0.05, 0.1) is 20.7 Å². The molecule has 0 spiro atoms. The normalized spacial score (nSPS) is 10.5. The lowest BCUT2D eigenvalue weighted by Gasteiger charge is -2.12. The summed E-state index contributed by atoms with van der Waals surface area (Å²) in [6.07, 6.45) is 0. The van der Waals surface area contributed by atoms with E-state index in [0.717, 1.165) is 4.47 Å². The fraction of sp³-hybridized carbons (Fsp3) is 0.0769. The minimum absolute atomic E-state index is 0.0239. The lowest BCUT2D eigenvalue weighted by atomic mass is 10.2. The lowest BCUT2D eigenvalue weighted by molar-refractivity contribution is -0.384. The molecule has 4 nitrogen and oxygen atoms in total. The molecule has 2 aromatic rings. The van der Waals surface area contributed by atoms with Crippen molar-refractivity contribution in [2.75, 3.05) is 5.32 Å². The molecule has 110 valence electrons. The van der Waals surface area contributed by atoms with Crippen LogP contribution in [0.25, 0.3) is 0 Å². The molecular weight excluding hydrogens is 402 g/mol. The molecule has 21 heavy (non-hydrogen) atoms. The van der Waals surface area contributed by atoms with Crippen LogP contribution in [-0.4, -0.2) is 4.92 Å². The third kappa shape index (κ3) is 4.01. The van der Waals surface area contributed by atoms with E-state index in [2.05, 4.69) is 21.2 Å². The van der Waals surface area contributed by atoms with E-state index < -0.39 is 4.92 Å². The predicted molar refractivity (Wildman–Crippen MR) is 89.6 cm³/mol. The van der Waals surface area contributed by atoms with Gasteiger partial charge in [0.15, 0.2) is 0 Å². The van der Waals surface area contributed by atoms with Gasteiger partial charge in [-0.25, -0.2) is 0 Å². The molecule has 8 heteroatoms. The lowest BCUT2D eigenvalue weighted by Crippen LogP contribution is -2.02. The van der Waals surface area contributed by atoms with E-state index in [-0.39, 0.29) is 12.2 Å². The largest absolute Gasteiger partial charge is 0.378 e. The number of nitro benzene ring substituents is 1. The number of hydrogen-bond donors (Lipinski definition) is 1. The summed E-state index contributed by atoms with van der Waals surface area (Å²) in [4.78, 5) is 10.3. The molecule has 0 radical (unpaired) electrons. The summed E-state index contributed by atoms with van der Waals surface area (Å²) in [6, 6.07) is 7.65. The van der Waals surface area contributed by atoms with Gasteiger partial charge in [0.2, 0.25) is 0 Å². The van der Waals surface area contributed by atoms with E-state index in [1.54, 1.807) is 12.1 Å². The van der Waals surface area contributed by atoms with E-state index in [1.807, 2.05) is 0 Å². The van der Waals surface area contributed by atoms with E-state index in [9.17, 15) is 10.1 Å². The fourth-order valence-electron chi connectivity index (χ4n) is 1.70. The average molecular weight is 410 g/mol. The Hall–Kier alpha value is -1.01. The monoisotopic (exact) mass is 408 g/mol. The van der Waals surface area contributed by atoms with Crippen molar-refractivity contribution in [1.29, 1.82) is 0 Å². The number of nitrogens with zero attached hydrogens (tertiary/aromatic N) is 1. The highest BCUT2D eigenvalue weighted by Gasteiger charge is 2.12. The topological polar surface area (TPSA) is 55.2 Å². The standard InChI is InChI=1S/C13H8BrCl3N2O2/c14-8-4-11(16)13(12(17)5-8)18-6-7-3-9(19(20)21)1-2-10(7)15/h1-5,18H,6H2. The SMILES string of the molecule is O=[N+]([O-])c1ccc(Cl)c(CNc2c(Cl)cc(Br)cc2Cl)c1. The molecule has 2 aromatic carbocycles. The van der Waals surface area contributed by atoms with Gasteiger partial charge in [-0.3, -0.25) is 10.1 Å². The molecule has 0 amide bonds. The highest BCUT2D eigenvalue weighted by atomic mass is 79.9. The molecule has 1 N–H and O–H groups in total. The molecule has 0 aliphatic heterocycles. The maximum Gasteiger partial charge on any atom is 0.269 e. The van der Waals surface area contributed by atoms with Crippen molar-refractivity contribution in [2.45, 2.75) is 6.54 Å². The molecule has 0 aromatic heterocycles. The Kier molecular flexibility index (Phi) is 5.32. The van der Waals surface area contributed by atoms with Crippen LogP contribution in [0.5, 0.6) is 0 Å². The maximum atomic E-state index is 10.8. The Labute approximate surface area is 144 Å². The Morgan fingerprint density at radius 3 is 2.29 bits per heavy atom. The van der Waals surface area contributed by atoms with Crippen molar-refractivity contribution < 1.29 is 4.92 Å². The zero-order valence-electron chi connectivity index (χ0n) is 10.4. The molecule has 0 bridgehead atoms. The molecule has 0 aliphatic rings. The summed E-state index contributed by atoms with van der Waals surface area (Å²) in [6.45, 7) is 0.265. The molecule has 0 saturated heterocycles. The summed E-state index contributed by atoms with van der Waals surface area (Å²) in [7, 11) is 0. The number of rotatable bonds is 4. The predicted octanol–water partition coefficient (Wildman–Crippen LogP) is 5.93. The number of hydrogen-bond acceptors (Lipinski definition) is 3. The molecular formula is C13H8BrCl3N2O2. The van der Waals surface area contributed by atoms with Crippen LogP contribution in [0.4, 0.5) is 11.4 Å². The highest BCUT2D eigenvalue weighted by molar-refractivity contribution is 9.10. The van der Waals surface area contributed by atoms with E-state index >= 15 is 0 Å². The van der Waals surface area contributed by atoms with Crippen LogP contribution in [0.15, 0.2) is 34.8 Å². The maximum absolute atomic E-state index is 10.8. The fourth-order valence-corrected chi connectivity index (χ4v) is 3.23. The second kappa shape index (κ2) is 6.83. The van der Waals surface area contributed by atoms with Crippen molar-refractivity contribution in [3.8, 4) is 0 Å². The first-order valence-corrected chi connectivity index (χ1v) is 7.62. The van der Waals surface area contributed by atoms with E-state index in [0.29, 0.717) is 26.3 Å². The van der Waals surface area contributed by atoms with Gasteiger partial charge in [-0.05, 0) is 23.8 Å². The number of non-ortho nitro benzene ring substituents is 1. The zero-order valence-corrected chi connectivity index (χ0v) is 14.2. The third-order valence-corrected chi connectivity index (χ3v) is 4.13.